The molecule has 2 aliphatic rings. The predicted molar refractivity (Wildman–Crippen MR) is 117 cm³/mol. The van der Waals surface area contributed by atoms with Crippen LogP contribution in [0.2, 0.25) is 0 Å². The first kappa shape index (κ1) is 20.7. The highest BCUT2D eigenvalue weighted by atomic mass is 16.6. The van der Waals surface area contributed by atoms with E-state index in [-0.39, 0.29) is 22.8 Å². The van der Waals surface area contributed by atoms with Gasteiger partial charge in [-0.05, 0) is 36.8 Å². The number of amides is 1. The average molecular weight is 451 g/mol. The Morgan fingerprint density at radius 1 is 1.06 bits per heavy atom. The Labute approximate surface area is 188 Å². The molecule has 0 spiro atoms. The topological polar surface area (TPSA) is 116 Å². The second kappa shape index (κ2) is 8.09. The number of benzene rings is 2. The summed E-state index contributed by atoms with van der Waals surface area (Å²) in [7, 11) is 1.43. The van der Waals surface area contributed by atoms with Gasteiger partial charge in [-0.25, -0.2) is 4.79 Å². The third-order valence-electron chi connectivity index (χ3n) is 5.57. The number of rotatable bonds is 4. The molecule has 2 N–H and O–H groups in total. The van der Waals surface area contributed by atoms with E-state index in [1.54, 1.807) is 43.3 Å². The molecule has 2 atom stereocenters. The van der Waals surface area contributed by atoms with Gasteiger partial charge >= 0.3 is 5.63 Å². The molecule has 3 heterocycles. The highest BCUT2D eigenvalue weighted by Gasteiger charge is 2.43. The molecule has 0 unspecified atom stereocenters. The van der Waals surface area contributed by atoms with Crippen LogP contribution in [0.25, 0.3) is 0 Å². The van der Waals surface area contributed by atoms with Crippen LogP contribution < -0.4 is 29.9 Å². The van der Waals surface area contributed by atoms with Crippen molar-refractivity contribution < 1.29 is 33.3 Å². The van der Waals surface area contributed by atoms with Gasteiger partial charge < -0.3 is 33.8 Å². The lowest BCUT2D eigenvalue weighted by atomic mass is 9.88. The number of ether oxygens (including phenoxy) is 4. The number of carbonyl (C=O) groups is 1. The Morgan fingerprint density at radius 2 is 1.85 bits per heavy atom. The van der Waals surface area contributed by atoms with Gasteiger partial charge in [-0.1, -0.05) is 6.07 Å². The first-order chi connectivity index (χ1) is 15.9. The molecule has 2 aromatic carbocycles. The van der Waals surface area contributed by atoms with Crippen molar-refractivity contribution in [1.29, 1.82) is 0 Å². The van der Waals surface area contributed by atoms with Crippen molar-refractivity contribution >= 4 is 11.6 Å². The number of fused-ring (bicyclic) bond motifs is 2. The average Bonchev–Trinajstić information content (AvgIpc) is 3.19. The largest absolute Gasteiger partial charge is 0.504 e. The molecule has 33 heavy (non-hydrogen) atoms. The second-order valence-electron chi connectivity index (χ2n) is 7.72. The number of nitrogens with one attached hydrogen (secondary N) is 1. The molecular weight excluding hydrogens is 430 g/mol. The van der Waals surface area contributed by atoms with E-state index in [2.05, 4.69) is 5.32 Å². The van der Waals surface area contributed by atoms with Crippen molar-refractivity contribution in [2.75, 3.05) is 25.6 Å². The zero-order valence-corrected chi connectivity index (χ0v) is 17.9. The summed E-state index contributed by atoms with van der Waals surface area (Å²) in [5.74, 6) is 0.642. The van der Waals surface area contributed by atoms with Gasteiger partial charge in [0, 0.05) is 17.8 Å². The molecule has 5 rings (SSSR count). The fraction of sp³-hybridized carbons (Fsp3) is 0.250. The van der Waals surface area contributed by atoms with Crippen LogP contribution in [0, 0.1) is 6.92 Å². The van der Waals surface area contributed by atoms with Gasteiger partial charge in [0.25, 0.3) is 5.91 Å². The van der Waals surface area contributed by atoms with Gasteiger partial charge in [-0.3, -0.25) is 4.79 Å². The minimum atomic E-state index is -1.08. The number of hydrogen-bond acceptors (Lipinski definition) is 8. The SMILES string of the molecule is COc1ccc([C@@H]2c3c(cc(C)oc3=O)O[C@H]2C(=O)Nc2ccc3c(c2)OCCO3)cc1O. The smallest absolute Gasteiger partial charge is 0.343 e. The fourth-order valence-electron chi connectivity index (χ4n) is 4.11. The summed E-state index contributed by atoms with van der Waals surface area (Å²) < 4.78 is 27.4. The van der Waals surface area contributed by atoms with Crippen LogP contribution in [0.1, 0.15) is 22.8 Å². The first-order valence-electron chi connectivity index (χ1n) is 10.3. The Balaban J connectivity index is 1.51. The lowest BCUT2D eigenvalue weighted by molar-refractivity contribution is -0.122. The highest BCUT2D eigenvalue weighted by Crippen LogP contribution is 2.43. The summed E-state index contributed by atoms with van der Waals surface area (Å²) in [5.41, 5.74) is 0.612. The second-order valence-corrected chi connectivity index (χ2v) is 7.72. The molecule has 1 amide bonds. The molecule has 170 valence electrons. The van der Waals surface area contributed by atoms with Crippen LogP contribution >= 0.6 is 0 Å². The summed E-state index contributed by atoms with van der Waals surface area (Å²) in [5, 5.41) is 13.1. The Hall–Kier alpha value is -4.14. The minimum absolute atomic E-state index is 0.119. The van der Waals surface area contributed by atoms with Gasteiger partial charge in [0.15, 0.2) is 29.1 Å². The molecule has 0 fully saturated rings. The summed E-state index contributed by atoms with van der Waals surface area (Å²) in [4.78, 5) is 26.0. The molecule has 3 aromatic rings. The maximum Gasteiger partial charge on any atom is 0.343 e. The quantitative estimate of drug-likeness (QED) is 0.622. The Kier molecular flexibility index (Phi) is 5.08. The van der Waals surface area contributed by atoms with Crippen molar-refractivity contribution in [2.24, 2.45) is 0 Å². The fourth-order valence-corrected chi connectivity index (χ4v) is 4.11. The molecule has 0 radical (unpaired) electrons. The number of hydrogen-bond donors (Lipinski definition) is 2. The van der Waals surface area contributed by atoms with E-state index in [4.69, 9.17) is 23.4 Å². The van der Waals surface area contributed by atoms with Crippen LogP contribution in [0.5, 0.6) is 28.7 Å². The molecule has 0 saturated heterocycles. The van der Waals surface area contributed by atoms with Crippen LogP contribution in [-0.4, -0.2) is 37.4 Å². The van der Waals surface area contributed by atoms with E-state index in [0.29, 0.717) is 41.7 Å². The number of methoxy groups -OCH3 is 1. The summed E-state index contributed by atoms with van der Waals surface area (Å²) in [6.45, 7) is 2.51. The van der Waals surface area contributed by atoms with Crippen molar-refractivity contribution in [1.82, 2.24) is 0 Å². The van der Waals surface area contributed by atoms with Gasteiger partial charge in [-0.2, -0.15) is 0 Å². The number of aromatic hydroxyl groups is 1. The molecule has 0 saturated carbocycles. The van der Waals surface area contributed by atoms with Crippen molar-refractivity contribution in [3.8, 4) is 28.7 Å². The number of phenolic OH excluding ortho intramolecular Hbond substituents is 1. The lowest BCUT2D eigenvalue weighted by Gasteiger charge is -2.21. The minimum Gasteiger partial charge on any atom is -0.504 e. The number of phenols is 1. The molecule has 2 aliphatic heterocycles. The molecule has 1 aromatic heterocycles. The molecule has 0 bridgehead atoms. The normalized spacial score (nSPS) is 18.2. The standard InChI is InChI=1S/C24H21NO8/c1-12-9-19-21(24(28)32-12)20(13-3-5-16(29-2)15(26)10-13)22(33-19)23(27)25-14-4-6-17-18(11-14)31-8-7-30-17/h3-6,9-11,20,22,26H,7-8H2,1-2H3,(H,25,27)/t20-,22-/m1/s1. The van der Waals surface area contributed by atoms with Crippen LogP contribution in [-0.2, 0) is 4.79 Å². The lowest BCUT2D eigenvalue weighted by Crippen LogP contribution is -2.35. The van der Waals surface area contributed by atoms with Gasteiger partial charge in [0.05, 0.1) is 18.6 Å². The third-order valence-corrected chi connectivity index (χ3v) is 5.57. The maximum atomic E-state index is 13.3. The molecule has 0 aliphatic carbocycles. The summed E-state index contributed by atoms with van der Waals surface area (Å²) in [6, 6.07) is 11.3. The first-order valence-corrected chi connectivity index (χ1v) is 10.3. The Morgan fingerprint density at radius 3 is 2.61 bits per heavy atom. The van der Waals surface area contributed by atoms with Crippen LogP contribution in [0.15, 0.2) is 51.7 Å². The van der Waals surface area contributed by atoms with E-state index < -0.39 is 23.6 Å². The van der Waals surface area contributed by atoms with Gasteiger partial charge in [0.2, 0.25) is 0 Å². The van der Waals surface area contributed by atoms with Gasteiger partial charge in [-0.15, -0.1) is 0 Å². The molecule has 9 heteroatoms. The zero-order valence-electron chi connectivity index (χ0n) is 17.9. The van der Waals surface area contributed by atoms with E-state index in [1.165, 1.54) is 13.2 Å². The molecular formula is C24H21NO8. The number of carbonyl (C=O) groups excluding carboxylic acids is 1. The summed E-state index contributed by atoms with van der Waals surface area (Å²) in [6.07, 6.45) is -1.08. The molecule has 9 nitrogen and oxygen atoms in total. The van der Waals surface area contributed by atoms with Crippen LogP contribution in [0.3, 0.4) is 0 Å². The van der Waals surface area contributed by atoms with Crippen molar-refractivity contribution in [3.05, 3.63) is 69.8 Å². The van der Waals surface area contributed by atoms with E-state index >= 15 is 0 Å². The summed E-state index contributed by atoms with van der Waals surface area (Å²) >= 11 is 0. The van der Waals surface area contributed by atoms with Gasteiger partial charge in [0.1, 0.15) is 24.7 Å². The predicted octanol–water partition coefficient (Wildman–Crippen LogP) is 2.97. The van der Waals surface area contributed by atoms with E-state index in [1.807, 2.05) is 0 Å². The number of anilines is 1. The maximum absolute atomic E-state index is 13.3. The van der Waals surface area contributed by atoms with E-state index in [9.17, 15) is 14.7 Å². The Bertz CT molecular complexity index is 1300. The van der Waals surface area contributed by atoms with Crippen molar-refractivity contribution in [2.45, 2.75) is 18.9 Å². The number of aryl methyl sites for hydroxylation is 1. The highest BCUT2D eigenvalue weighted by molar-refractivity contribution is 5.96. The third kappa shape index (κ3) is 3.71. The van der Waals surface area contributed by atoms with Crippen molar-refractivity contribution in [3.63, 3.8) is 0 Å². The monoisotopic (exact) mass is 451 g/mol. The zero-order chi connectivity index (χ0) is 23.1. The van der Waals surface area contributed by atoms with E-state index in [0.717, 1.165) is 0 Å². The van der Waals surface area contributed by atoms with Crippen LogP contribution in [0.4, 0.5) is 5.69 Å².